The fourth-order valence-corrected chi connectivity index (χ4v) is 1.80. The van der Waals surface area contributed by atoms with Crippen LogP contribution in [0.15, 0.2) is 11.4 Å². The van der Waals surface area contributed by atoms with E-state index >= 15 is 0 Å². The van der Waals surface area contributed by atoms with Gasteiger partial charge in [0, 0.05) is 20.9 Å². The van der Waals surface area contributed by atoms with Crippen molar-refractivity contribution in [1.82, 2.24) is 4.90 Å². The minimum absolute atomic E-state index is 0.0255. The second-order valence-corrected chi connectivity index (χ2v) is 3.77. The van der Waals surface area contributed by atoms with Crippen molar-refractivity contribution in [3.05, 3.63) is 11.4 Å². The van der Waals surface area contributed by atoms with Crippen molar-refractivity contribution in [1.29, 1.82) is 0 Å². The number of hydrogen-bond donors (Lipinski definition) is 1. The largest absolute Gasteiger partial charge is 0.520 e. The lowest BCUT2D eigenvalue weighted by Crippen LogP contribution is -2.53. The predicted molar refractivity (Wildman–Crippen MR) is 49.8 cm³/mol. The van der Waals surface area contributed by atoms with Crippen molar-refractivity contribution < 1.29 is 14.4 Å². The van der Waals surface area contributed by atoms with Gasteiger partial charge in [-0.3, -0.25) is 0 Å². The average molecular weight is 185 g/mol. The van der Waals surface area contributed by atoms with Gasteiger partial charge in [-0.2, -0.15) is 9.28 Å². The van der Waals surface area contributed by atoms with Gasteiger partial charge < -0.3 is 10.0 Å². The summed E-state index contributed by atoms with van der Waals surface area (Å²) < 4.78 is -0.0255. The Morgan fingerprint density at radius 2 is 2.00 bits per heavy atom. The van der Waals surface area contributed by atoms with Crippen LogP contribution < -0.4 is 0 Å². The summed E-state index contributed by atoms with van der Waals surface area (Å²) in [5.74, 6) is 0. The zero-order chi connectivity index (χ0) is 10.4. The number of hydrogen-bond acceptors (Lipinski definition) is 2. The van der Waals surface area contributed by atoms with E-state index < -0.39 is 6.09 Å². The first kappa shape index (κ1) is 10.1. The van der Waals surface area contributed by atoms with Gasteiger partial charge in [-0.05, 0) is 6.92 Å². The number of amides is 1. The third-order valence-electron chi connectivity index (χ3n) is 3.45. The number of carboxylic acid groups (broad SMARTS) is 1. The van der Waals surface area contributed by atoms with Crippen LogP contribution in [0, 0.1) is 0 Å². The SMILES string of the molecule is CC1=C(C)[N+](C)(C(=O)O)C(C)N1C. The first-order valence-corrected chi connectivity index (χ1v) is 4.34. The summed E-state index contributed by atoms with van der Waals surface area (Å²) in [4.78, 5) is 13.2. The molecule has 0 aromatic heterocycles. The first-order chi connectivity index (χ1) is 5.83. The van der Waals surface area contributed by atoms with Gasteiger partial charge in [-0.25, -0.2) is 0 Å². The van der Waals surface area contributed by atoms with Crippen LogP contribution in [-0.2, 0) is 0 Å². The van der Waals surface area contributed by atoms with Crippen LogP contribution in [0.1, 0.15) is 20.8 Å². The molecule has 74 valence electrons. The van der Waals surface area contributed by atoms with Crippen LogP contribution in [0.4, 0.5) is 4.79 Å². The van der Waals surface area contributed by atoms with Gasteiger partial charge in [0.25, 0.3) is 0 Å². The van der Waals surface area contributed by atoms with Crippen molar-refractivity contribution >= 4 is 6.09 Å². The molecule has 13 heavy (non-hydrogen) atoms. The fraction of sp³-hybridized carbons (Fsp3) is 0.667. The van der Waals surface area contributed by atoms with Crippen LogP contribution >= 0.6 is 0 Å². The molecule has 0 aromatic carbocycles. The van der Waals surface area contributed by atoms with Gasteiger partial charge >= 0.3 is 6.09 Å². The van der Waals surface area contributed by atoms with Crippen molar-refractivity contribution in [3.63, 3.8) is 0 Å². The van der Waals surface area contributed by atoms with E-state index in [0.717, 1.165) is 11.4 Å². The lowest BCUT2D eigenvalue weighted by atomic mass is 10.3. The summed E-state index contributed by atoms with van der Waals surface area (Å²) in [6, 6.07) is 0. The Bertz CT molecular complexity index is 285. The zero-order valence-electron chi connectivity index (χ0n) is 8.83. The molecule has 2 unspecified atom stereocenters. The van der Waals surface area contributed by atoms with Crippen molar-refractivity contribution in [2.45, 2.75) is 26.9 Å². The summed E-state index contributed by atoms with van der Waals surface area (Å²) in [5.41, 5.74) is 1.96. The van der Waals surface area contributed by atoms with E-state index in [0.29, 0.717) is 0 Å². The highest BCUT2D eigenvalue weighted by Gasteiger charge is 2.49. The number of allylic oxidation sites excluding steroid dienone is 2. The normalized spacial score (nSPS) is 34.2. The first-order valence-electron chi connectivity index (χ1n) is 4.34. The molecule has 0 saturated heterocycles. The molecule has 0 spiro atoms. The van der Waals surface area contributed by atoms with Crippen LogP contribution in [0.5, 0.6) is 0 Å². The smallest absolute Gasteiger partial charge is 0.435 e. The maximum atomic E-state index is 11.1. The lowest BCUT2D eigenvalue weighted by molar-refractivity contribution is -0.826. The molecule has 4 heteroatoms. The molecule has 0 aromatic rings. The van der Waals surface area contributed by atoms with Crippen LogP contribution in [-0.4, -0.2) is 40.8 Å². The molecule has 0 saturated carbocycles. The second-order valence-electron chi connectivity index (χ2n) is 3.77. The molecule has 0 radical (unpaired) electrons. The van der Waals surface area contributed by atoms with Crippen LogP contribution in [0.25, 0.3) is 0 Å². The van der Waals surface area contributed by atoms with Gasteiger partial charge in [0.05, 0.1) is 12.7 Å². The summed E-state index contributed by atoms with van der Waals surface area (Å²) in [7, 11) is 3.66. The Balaban J connectivity index is 3.22. The van der Waals surface area contributed by atoms with Crippen molar-refractivity contribution in [2.24, 2.45) is 0 Å². The Labute approximate surface area is 78.6 Å². The molecule has 1 heterocycles. The molecule has 1 N–H and O–H groups in total. The Morgan fingerprint density at radius 3 is 2.15 bits per heavy atom. The molecule has 1 aliphatic rings. The minimum atomic E-state index is -0.797. The summed E-state index contributed by atoms with van der Waals surface area (Å²) in [5, 5.41) is 9.16. The topological polar surface area (TPSA) is 40.5 Å². The molecule has 1 rings (SSSR count). The number of rotatable bonds is 0. The molecule has 0 aliphatic carbocycles. The Morgan fingerprint density at radius 1 is 1.54 bits per heavy atom. The third kappa shape index (κ3) is 1.05. The highest BCUT2D eigenvalue weighted by atomic mass is 16.4. The maximum absolute atomic E-state index is 11.1. The van der Waals surface area contributed by atoms with Crippen molar-refractivity contribution in [2.75, 3.05) is 14.1 Å². The zero-order valence-corrected chi connectivity index (χ0v) is 8.83. The molecule has 1 aliphatic heterocycles. The number of carbonyl (C=O) groups is 1. The highest BCUT2D eigenvalue weighted by Crippen LogP contribution is 2.33. The predicted octanol–water partition coefficient (Wildman–Crippen LogP) is 1.65. The molecule has 0 fully saturated rings. The van der Waals surface area contributed by atoms with Gasteiger partial charge in [0.15, 0.2) is 6.17 Å². The van der Waals surface area contributed by atoms with E-state index in [9.17, 15) is 4.79 Å². The van der Waals surface area contributed by atoms with E-state index in [4.69, 9.17) is 5.11 Å². The summed E-state index contributed by atoms with van der Waals surface area (Å²) >= 11 is 0. The third-order valence-corrected chi connectivity index (χ3v) is 3.45. The summed E-state index contributed by atoms with van der Waals surface area (Å²) in [6.45, 7) is 5.76. The maximum Gasteiger partial charge on any atom is 0.520 e. The van der Waals surface area contributed by atoms with E-state index in [-0.39, 0.29) is 10.6 Å². The minimum Gasteiger partial charge on any atom is -0.435 e. The molecule has 0 bridgehead atoms. The molecule has 1 amide bonds. The summed E-state index contributed by atoms with van der Waals surface area (Å²) in [6.07, 6.45) is -0.828. The van der Waals surface area contributed by atoms with Gasteiger partial charge in [0.2, 0.25) is 0 Å². The number of nitrogens with zero attached hydrogens (tertiary/aromatic N) is 2. The van der Waals surface area contributed by atoms with Gasteiger partial charge in [0.1, 0.15) is 5.70 Å². The molecular formula is C9H17N2O2+. The van der Waals surface area contributed by atoms with Crippen LogP contribution in [0.2, 0.25) is 0 Å². The van der Waals surface area contributed by atoms with Gasteiger partial charge in [-0.1, -0.05) is 0 Å². The second kappa shape index (κ2) is 2.73. The van der Waals surface area contributed by atoms with E-state index in [1.165, 1.54) is 0 Å². The molecule has 4 nitrogen and oxygen atoms in total. The fourth-order valence-electron chi connectivity index (χ4n) is 1.80. The van der Waals surface area contributed by atoms with Crippen LogP contribution in [0.3, 0.4) is 0 Å². The Kier molecular flexibility index (Phi) is 2.11. The quantitative estimate of drug-likeness (QED) is 0.583. The van der Waals surface area contributed by atoms with E-state index in [2.05, 4.69) is 0 Å². The standard InChI is InChI=1S/C9H16N2O2/c1-6-7(2)11(5,9(12)13)8(3)10(6)4/h8H,1-5H3/p+1. The average Bonchev–Trinajstić information content (AvgIpc) is 2.22. The highest BCUT2D eigenvalue weighted by molar-refractivity contribution is 5.59. The van der Waals surface area contributed by atoms with Gasteiger partial charge in [-0.15, -0.1) is 0 Å². The molecule has 2 atom stereocenters. The Hall–Kier alpha value is -1.03. The van der Waals surface area contributed by atoms with E-state index in [1.54, 1.807) is 7.05 Å². The molecular weight excluding hydrogens is 168 g/mol. The van der Waals surface area contributed by atoms with E-state index in [1.807, 2.05) is 32.7 Å². The number of quaternary nitrogens is 1. The lowest BCUT2D eigenvalue weighted by Gasteiger charge is -2.30. The monoisotopic (exact) mass is 185 g/mol. The van der Waals surface area contributed by atoms with Crippen molar-refractivity contribution in [3.8, 4) is 0 Å².